The zero-order chi connectivity index (χ0) is 38.8. The fourth-order valence-corrected chi connectivity index (χ4v) is 5.15. The lowest BCUT2D eigenvalue weighted by molar-refractivity contribution is -0.150. The van der Waals surface area contributed by atoms with E-state index in [0.29, 0.717) is 0 Å². The maximum Gasteiger partial charge on any atom is 0.328 e. The number of esters is 2. The first-order valence-electron chi connectivity index (χ1n) is 17.9. The Morgan fingerprint density at radius 1 is 0.635 bits per heavy atom. The molecule has 52 heavy (non-hydrogen) atoms. The van der Waals surface area contributed by atoms with E-state index in [1.54, 1.807) is 57.2 Å². The Balaban J connectivity index is 2.22. The van der Waals surface area contributed by atoms with E-state index in [2.05, 4.69) is 26.6 Å². The maximum atomic E-state index is 13.7. The van der Waals surface area contributed by atoms with E-state index < -0.39 is 71.7 Å². The van der Waals surface area contributed by atoms with Crippen molar-refractivity contribution in [1.82, 2.24) is 26.6 Å². The summed E-state index contributed by atoms with van der Waals surface area (Å²) in [7, 11) is 0. The lowest BCUT2D eigenvalue weighted by Crippen LogP contribution is -2.60. The summed E-state index contributed by atoms with van der Waals surface area (Å²) in [6, 6.07) is 12.7. The first-order valence-corrected chi connectivity index (χ1v) is 17.9. The molecule has 13 heteroatoms. The van der Waals surface area contributed by atoms with Crippen LogP contribution in [0.1, 0.15) is 92.2 Å². The van der Waals surface area contributed by atoms with Gasteiger partial charge in [0.2, 0.25) is 17.7 Å². The SMILES string of the molecule is CCC(CC)NC(=O)N[C@H](C(=O)N[C@@H](C)C(=O)N[C@@H](CC(=O)OCc1ccccc1)C(=O)N[C@@H](CC(C)C)C(=O)OCc1ccccc1)C(C)(C)C. The molecule has 2 aromatic rings. The molecular weight excluding hydrogens is 666 g/mol. The van der Waals surface area contributed by atoms with Gasteiger partial charge in [-0.25, -0.2) is 9.59 Å². The van der Waals surface area contributed by atoms with Crippen molar-refractivity contribution in [3.8, 4) is 0 Å². The van der Waals surface area contributed by atoms with Crippen molar-refractivity contribution < 1.29 is 38.2 Å². The first-order chi connectivity index (χ1) is 24.5. The van der Waals surface area contributed by atoms with Crippen LogP contribution in [0.3, 0.4) is 0 Å². The molecule has 0 aliphatic heterocycles. The highest BCUT2D eigenvalue weighted by Gasteiger charge is 2.36. The molecule has 0 saturated carbocycles. The van der Waals surface area contributed by atoms with Gasteiger partial charge in [-0.15, -0.1) is 0 Å². The number of urea groups is 1. The van der Waals surface area contributed by atoms with Crippen molar-refractivity contribution in [1.29, 1.82) is 0 Å². The van der Waals surface area contributed by atoms with Crippen LogP contribution in [-0.2, 0) is 46.7 Å². The zero-order valence-electron chi connectivity index (χ0n) is 31.7. The lowest BCUT2D eigenvalue weighted by atomic mass is 9.86. The number of amides is 5. The van der Waals surface area contributed by atoms with Crippen molar-refractivity contribution >= 4 is 35.7 Å². The van der Waals surface area contributed by atoms with Crippen LogP contribution in [0.4, 0.5) is 4.79 Å². The van der Waals surface area contributed by atoms with Crippen LogP contribution in [-0.4, -0.2) is 65.9 Å². The van der Waals surface area contributed by atoms with Gasteiger partial charge in [-0.1, -0.05) is 109 Å². The van der Waals surface area contributed by atoms with E-state index in [-0.39, 0.29) is 31.6 Å². The van der Waals surface area contributed by atoms with Crippen LogP contribution >= 0.6 is 0 Å². The summed E-state index contributed by atoms with van der Waals surface area (Å²) in [6.45, 7) is 14.3. The third-order valence-corrected chi connectivity index (χ3v) is 8.25. The quantitative estimate of drug-likeness (QED) is 0.133. The van der Waals surface area contributed by atoms with Crippen LogP contribution in [0.2, 0.25) is 0 Å². The summed E-state index contributed by atoms with van der Waals surface area (Å²) in [5.41, 5.74) is 0.770. The van der Waals surface area contributed by atoms with Crippen LogP contribution in [0, 0.1) is 11.3 Å². The molecule has 286 valence electrons. The molecule has 0 aromatic heterocycles. The van der Waals surface area contributed by atoms with Crippen molar-refractivity contribution in [2.24, 2.45) is 11.3 Å². The molecule has 0 aliphatic rings. The molecule has 0 aliphatic carbocycles. The highest BCUT2D eigenvalue weighted by molar-refractivity contribution is 5.96. The lowest BCUT2D eigenvalue weighted by Gasteiger charge is -2.32. The van der Waals surface area contributed by atoms with Gasteiger partial charge in [0.1, 0.15) is 37.4 Å². The second kappa shape index (κ2) is 21.4. The minimum atomic E-state index is -1.46. The van der Waals surface area contributed by atoms with Gasteiger partial charge in [-0.2, -0.15) is 0 Å². The first kappa shape index (κ1) is 43.2. The number of carbonyl (C=O) groups excluding carboxylic acids is 6. The summed E-state index contributed by atoms with van der Waals surface area (Å²) >= 11 is 0. The van der Waals surface area contributed by atoms with Crippen molar-refractivity contribution in [3.05, 3.63) is 71.8 Å². The largest absolute Gasteiger partial charge is 0.461 e. The summed E-state index contributed by atoms with van der Waals surface area (Å²) in [5.74, 6) is -3.65. The fourth-order valence-electron chi connectivity index (χ4n) is 5.15. The predicted molar refractivity (Wildman–Crippen MR) is 197 cm³/mol. The van der Waals surface area contributed by atoms with Crippen LogP contribution < -0.4 is 26.6 Å². The molecule has 0 heterocycles. The Hall–Kier alpha value is -4.94. The second-order valence-electron chi connectivity index (χ2n) is 14.4. The highest BCUT2D eigenvalue weighted by Crippen LogP contribution is 2.20. The topological polar surface area (TPSA) is 181 Å². The number of benzene rings is 2. The molecule has 5 amide bonds. The molecule has 4 atom stereocenters. The molecule has 0 spiro atoms. The second-order valence-corrected chi connectivity index (χ2v) is 14.4. The number of rotatable bonds is 19. The molecule has 0 unspecified atom stereocenters. The summed E-state index contributed by atoms with van der Waals surface area (Å²) in [4.78, 5) is 79.5. The van der Waals surface area contributed by atoms with Crippen molar-refractivity contribution in [3.63, 3.8) is 0 Å². The summed E-state index contributed by atoms with van der Waals surface area (Å²) in [6.07, 6.45) is 1.11. The van der Waals surface area contributed by atoms with Crippen LogP contribution in [0.5, 0.6) is 0 Å². The van der Waals surface area contributed by atoms with E-state index in [1.165, 1.54) is 6.92 Å². The number of nitrogens with one attached hydrogen (secondary N) is 5. The van der Waals surface area contributed by atoms with Gasteiger partial charge in [0.05, 0.1) is 6.42 Å². The van der Waals surface area contributed by atoms with Crippen LogP contribution in [0.15, 0.2) is 60.7 Å². The molecule has 5 N–H and O–H groups in total. The normalized spacial score (nSPS) is 13.6. The third-order valence-electron chi connectivity index (χ3n) is 8.25. The van der Waals surface area contributed by atoms with E-state index in [9.17, 15) is 28.8 Å². The average Bonchev–Trinajstić information content (AvgIpc) is 3.10. The smallest absolute Gasteiger partial charge is 0.328 e. The van der Waals surface area contributed by atoms with Gasteiger partial charge in [0, 0.05) is 6.04 Å². The standard InChI is InChI=1S/C39H57N5O8/c1-9-29(10-2)41-38(50)44-33(39(6,7)8)36(48)40-26(5)34(46)42-30(22-32(45)51-23-27-17-13-11-14-18-27)35(47)43-31(21-25(3)4)37(49)52-24-28-19-15-12-16-20-28/h11-20,25-26,29-31,33H,9-10,21-24H2,1-8H3,(H,40,48)(H,42,46)(H,43,47)(H2,41,44,50)/t26-,30-,31-,33+/m0/s1. The zero-order valence-corrected chi connectivity index (χ0v) is 31.7. The Morgan fingerprint density at radius 2 is 1.15 bits per heavy atom. The molecule has 0 radical (unpaired) electrons. The molecular formula is C39H57N5O8. The highest BCUT2D eigenvalue weighted by atomic mass is 16.5. The van der Waals surface area contributed by atoms with E-state index >= 15 is 0 Å². The molecule has 2 aromatic carbocycles. The molecule has 0 fully saturated rings. The Bertz CT molecular complexity index is 1460. The number of hydrogen-bond donors (Lipinski definition) is 5. The molecule has 2 rings (SSSR count). The van der Waals surface area contributed by atoms with Gasteiger partial charge >= 0.3 is 18.0 Å². The molecule has 0 bridgehead atoms. The van der Waals surface area contributed by atoms with Gasteiger partial charge in [-0.3, -0.25) is 19.2 Å². The Morgan fingerprint density at radius 3 is 1.65 bits per heavy atom. The average molecular weight is 724 g/mol. The monoisotopic (exact) mass is 723 g/mol. The Labute approximate surface area is 307 Å². The number of ether oxygens (including phenoxy) is 2. The number of hydrogen-bond acceptors (Lipinski definition) is 8. The summed E-state index contributed by atoms with van der Waals surface area (Å²) in [5, 5.41) is 13.4. The molecule has 13 nitrogen and oxygen atoms in total. The Kier molecular flexibility index (Phi) is 17.8. The van der Waals surface area contributed by atoms with Gasteiger partial charge in [0.25, 0.3) is 0 Å². The fraction of sp³-hybridized carbons (Fsp3) is 0.538. The molecule has 0 saturated heterocycles. The van der Waals surface area contributed by atoms with Crippen molar-refractivity contribution in [2.45, 2.75) is 124 Å². The minimum Gasteiger partial charge on any atom is -0.461 e. The van der Waals surface area contributed by atoms with Gasteiger partial charge in [-0.05, 0) is 48.6 Å². The van der Waals surface area contributed by atoms with E-state index in [1.807, 2.05) is 52.0 Å². The summed E-state index contributed by atoms with van der Waals surface area (Å²) < 4.78 is 10.9. The maximum absolute atomic E-state index is 13.7. The van der Waals surface area contributed by atoms with Gasteiger partial charge < -0.3 is 36.1 Å². The predicted octanol–water partition coefficient (Wildman–Crippen LogP) is 4.29. The minimum absolute atomic E-state index is 0.00278. The third kappa shape index (κ3) is 15.5. The van der Waals surface area contributed by atoms with Gasteiger partial charge in [0.15, 0.2) is 0 Å². The van der Waals surface area contributed by atoms with Crippen LogP contribution in [0.25, 0.3) is 0 Å². The van der Waals surface area contributed by atoms with E-state index in [4.69, 9.17) is 9.47 Å². The number of carbonyl (C=O) groups is 6. The van der Waals surface area contributed by atoms with E-state index in [0.717, 1.165) is 24.0 Å². The van der Waals surface area contributed by atoms with Crippen molar-refractivity contribution in [2.75, 3.05) is 0 Å².